The van der Waals surface area contributed by atoms with E-state index in [4.69, 9.17) is 0 Å². The summed E-state index contributed by atoms with van der Waals surface area (Å²) in [6, 6.07) is 103. The Labute approximate surface area is 443 Å². The van der Waals surface area contributed by atoms with E-state index in [9.17, 15) is 0 Å². The molecule has 0 radical (unpaired) electrons. The standard InChI is InChI=1S/C76H48/c1-5-23-49(24-6-1)75(50-25-7-2-8-26-50)67-35-19-17-33-57(67)63-43-41-61-59-39-37-55-53-31-15-13-21-47(53)45-65(55)69(59)70-60(40-38-56-54-32-16-14-22-48(54)46-66(56)70)62-42-44-64-58-34-18-20-36-68(58)76(51-27-9-3-10-28-51,52-29-11-4-12-30-52)74(64)72(62)71(61)73(63)75/h1-44H,45-46H2. The lowest BCUT2D eigenvalue weighted by Crippen LogP contribution is -2.31. The first kappa shape index (κ1) is 42.0. The molecule has 0 bridgehead atoms. The normalized spacial score (nSPS) is 14.4. The molecule has 0 heteroatoms. The molecule has 0 unspecified atom stereocenters. The molecule has 0 nitrogen and oxygen atoms in total. The molecule has 0 fully saturated rings. The van der Waals surface area contributed by atoms with E-state index in [-0.39, 0.29) is 0 Å². The second-order valence-electron chi connectivity index (χ2n) is 21.6. The molecule has 5 aliphatic rings. The summed E-state index contributed by atoms with van der Waals surface area (Å²) < 4.78 is 0. The van der Waals surface area contributed by atoms with Crippen LogP contribution in [0.1, 0.15) is 66.8 Å². The molecule has 0 aromatic heterocycles. The quantitative estimate of drug-likeness (QED) is 0.165. The molecule has 12 aromatic rings. The molecule has 352 valence electrons. The Hall–Kier alpha value is -9.36. The highest BCUT2D eigenvalue weighted by molar-refractivity contribution is 6.14. The van der Waals surface area contributed by atoms with Crippen LogP contribution in [-0.4, -0.2) is 0 Å². The minimum Gasteiger partial charge on any atom is -0.0622 e. The summed E-state index contributed by atoms with van der Waals surface area (Å²) in [5.41, 5.74) is 35.7. The molecule has 0 saturated heterocycles. The Kier molecular flexibility index (Phi) is 8.62. The van der Waals surface area contributed by atoms with Crippen molar-refractivity contribution in [3.05, 3.63) is 334 Å². The fourth-order valence-corrected chi connectivity index (χ4v) is 15.5. The highest BCUT2D eigenvalue weighted by Gasteiger charge is 2.53. The second-order valence-corrected chi connectivity index (χ2v) is 21.6. The van der Waals surface area contributed by atoms with Crippen LogP contribution >= 0.6 is 0 Å². The maximum Gasteiger partial charge on any atom is 0.0719 e. The van der Waals surface area contributed by atoms with Gasteiger partial charge in [-0.2, -0.15) is 0 Å². The minimum absolute atomic E-state index is 0.692. The highest BCUT2D eigenvalue weighted by Crippen LogP contribution is 2.68. The zero-order valence-corrected chi connectivity index (χ0v) is 41.8. The Morgan fingerprint density at radius 1 is 0.197 bits per heavy atom. The highest BCUT2D eigenvalue weighted by atomic mass is 14.5. The topological polar surface area (TPSA) is 0 Å². The molecule has 12 aromatic carbocycles. The Morgan fingerprint density at radius 2 is 0.474 bits per heavy atom. The summed E-state index contributed by atoms with van der Waals surface area (Å²) in [5.74, 6) is 0. The van der Waals surface area contributed by atoms with Gasteiger partial charge in [-0.3, -0.25) is 0 Å². The summed E-state index contributed by atoms with van der Waals surface area (Å²) in [5, 5.41) is 0. The smallest absolute Gasteiger partial charge is 0.0622 e. The Morgan fingerprint density at radius 3 is 0.842 bits per heavy atom. The van der Waals surface area contributed by atoms with E-state index >= 15 is 0 Å². The van der Waals surface area contributed by atoms with E-state index in [1.54, 1.807) is 0 Å². The van der Waals surface area contributed by atoms with Crippen LogP contribution in [0.25, 0.3) is 89.0 Å². The van der Waals surface area contributed by atoms with Crippen LogP contribution in [0, 0.1) is 0 Å². The van der Waals surface area contributed by atoms with Gasteiger partial charge < -0.3 is 0 Å². The Bertz CT molecular complexity index is 4060. The van der Waals surface area contributed by atoms with Crippen LogP contribution in [0.4, 0.5) is 0 Å². The molecule has 5 aliphatic carbocycles. The van der Waals surface area contributed by atoms with Gasteiger partial charge in [0.2, 0.25) is 0 Å². The lowest BCUT2D eigenvalue weighted by molar-refractivity contribution is 0.762. The monoisotopic (exact) mass is 960 g/mol. The molecule has 76 heavy (non-hydrogen) atoms. The van der Waals surface area contributed by atoms with Crippen molar-refractivity contribution in [2.45, 2.75) is 23.7 Å². The first-order valence-electron chi connectivity index (χ1n) is 27.0. The Balaban J connectivity index is 1.14. The number of rotatable bonds is 4. The molecular weight excluding hydrogens is 913 g/mol. The van der Waals surface area contributed by atoms with Crippen LogP contribution < -0.4 is 0 Å². The number of hydrogen-bond acceptors (Lipinski definition) is 0. The first-order valence-corrected chi connectivity index (χ1v) is 27.0. The van der Waals surface area contributed by atoms with E-state index < -0.39 is 10.8 Å². The fourth-order valence-electron chi connectivity index (χ4n) is 15.5. The van der Waals surface area contributed by atoms with E-state index in [2.05, 4.69) is 267 Å². The molecule has 0 spiro atoms. The van der Waals surface area contributed by atoms with Gasteiger partial charge >= 0.3 is 0 Å². The molecule has 0 aliphatic heterocycles. The van der Waals surface area contributed by atoms with E-state index in [0.717, 1.165) is 12.8 Å². The van der Waals surface area contributed by atoms with E-state index in [1.165, 1.54) is 156 Å². The minimum atomic E-state index is -0.692. The van der Waals surface area contributed by atoms with Crippen LogP contribution in [0.15, 0.2) is 267 Å². The van der Waals surface area contributed by atoms with Crippen LogP contribution in [0.2, 0.25) is 0 Å². The number of hydrogen-bond donors (Lipinski definition) is 0. The average molecular weight is 961 g/mol. The summed E-state index contributed by atoms with van der Waals surface area (Å²) in [6.07, 6.45) is 1.76. The largest absolute Gasteiger partial charge is 0.0719 e. The SMILES string of the molecule is c1ccc(C2(c3ccccc3)c3ccccc3-c3ccc4c(c32)-c2c(ccc3c2C(c2ccccc2)(c2ccccc2)c2ccccc2-3)-c2ccc3c(c2-c2c-4ccc4c2Cc2ccccc2-4)Cc2ccccc2-3)cc1. The van der Waals surface area contributed by atoms with Crippen molar-refractivity contribution in [2.75, 3.05) is 0 Å². The third-order valence-corrected chi connectivity index (χ3v) is 18.3. The van der Waals surface area contributed by atoms with Gasteiger partial charge in [-0.15, -0.1) is 0 Å². The zero-order valence-electron chi connectivity index (χ0n) is 41.8. The summed E-state index contributed by atoms with van der Waals surface area (Å²) in [7, 11) is 0. The molecule has 0 amide bonds. The van der Waals surface area contributed by atoms with E-state index in [1.807, 2.05) is 0 Å². The number of fused-ring (bicyclic) bond motifs is 24. The molecule has 17 rings (SSSR count). The lowest BCUT2D eigenvalue weighted by Gasteiger charge is -2.40. The van der Waals surface area contributed by atoms with Crippen molar-refractivity contribution in [2.24, 2.45) is 0 Å². The molecule has 0 atom stereocenters. The van der Waals surface area contributed by atoms with Crippen LogP contribution in [0.5, 0.6) is 0 Å². The predicted octanol–water partition coefficient (Wildman–Crippen LogP) is 18.5. The van der Waals surface area contributed by atoms with Gasteiger partial charge in [0.15, 0.2) is 0 Å². The maximum atomic E-state index is 2.53. The van der Waals surface area contributed by atoms with Crippen molar-refractivity contribution in [3.8, 4) is 89.0 Å². The van der Waals surface area contributed by atoms with Gasteiger partial charge in [-0.25, -0.2) is 0 Å². The summed E-state index contributed by atoms with van der Waals surface area (Å²) >= 11 is 0. The van der Waals surface area contributed by atoms with Gasteiger partial charge in [-0.05, 0) is 169 Å². The van der Waals surface area contributed by atoms with Crippen LogP contribution in [0.3, 0.4) is 0 Å². The third kappa shape index (κ3) is 5.28. The first-order chi connectivity index (χ1) is 37.7. The summed E-state index contributed by atoms with van der Waals surface area (Å²) in [6.45, 7) is 0. The average Bonchev–Trinajstić information content (AvgIpc) is 4.42. The predicted molar refractivity (Wildman–Crippen MR) is 313 cm³/mol. The summed E-state index contributed by atoms with van der Waals surface area (Å²) in [4.78, 5) is 0. The van der Waals surface area contributed by atoms with Crippen LogP contribution in [-0.2, 0) is 23.7 Å². The molecule has 0 heterocycles. The van der Waals surface area contributed by atoms with Crippen molar-refractivity contribution in [3.63, 3.8) is 0 Å². The van der Waals surface area contributed by atoms with Crippen molar-refractivity contribution in [1.82, 2.24) is 0 Å². The van der Waals surface area contributed by atoms with Gasteiger partial charge in [0.25, 0.3) is 0 Å². The lowest BCUT2D eigenvalue weighted by atomic mass is 9.61. The van der Waals surface area contributed by atoms with E-state index in [0.29, 0.717) is 0 Å². The zero-order chi connectivity index (χ0) is 49.7. The molecule has 0 N–H and O–H groups in total. The van der Waals surface area contributed by atoms with Gasteiger partial charge in [0.1, 0.15) is 0 Å². The van der Waals surface area contributed by atoms with Gasteiger partial charge in [-0.1, -0.05) is 267 Å². The maximum absolute atomic E-state index is 2.53. The van der Waals surface area contributed by atoms with Crippen molar-refractivity contribution >= 4 is 0 Å². The van der Waals surface area contributed by atoms with Gasteiger partial charge in [0.05, 0.1) is 10.8 Å². The fraction of sp³-hybridized carbons (Fsp3) is 0.0526. The number of benzene rings is 12. The van der Waals surface area contributed by atoms with Crippen molar-refractivity contribution < 1.29 is 0 Å². The second kappa shape index (κ2) is 15.6. The molecule has 0 saturated carbocycles. The third-order valence-electron chi connectivity index (χ3n) is 18.3. The van der Waals surface area contributed by atoms with Gasteiger partial charge in [0, 0.05) is 0 Å². The van der Waals surface area contributed by atoms with Crippen molar-refractivity contribution in [1.29, 1.82) is 0 Å². The molecular formula is C76H48.